The molecule has 0 saturated carbocycles. The normalized spacial score (nSPS) is 14.7. The molecular weight excluding hydrogens is 514 g/mol. The Morgan fingerprint density at radius 2 is 2.00 bits per heavy atom. The van der Waals surface area contributed by atoms with Gasteiger partial charge in [0, 0.05) is 24.2 Å². The number of aromatic nitrogens is 2. The molecule has 2 heterocycles. The van der Waals surface area contributed by atoms with Crippen molar-refractivity contribution in [2.24, 2.45) is 5.41 Å². The van der Waals surface area contributed by atoms with E-state index >= 15 is 0 Å². The van der Waals surface area contributed by atoms with Gasteiger partial charge in [-0.05, 0) is 55.0 Å². The van der Waals surface area contributed by atoms with Crippen LogP contribution in [-0.4, -0.2) is 62.0 Å². The molecule has 1 atom stereocenters. The monoisotopic (exact) mass is 547 g/mol. The predicted octanol–water partition coefficient (Wildman–Crippen LogP) is 3.99. The number of hydrogen-bond acceptors (Lipinski definition) is 8. The van der Waals surface area contributed by atoms with E-state index in [9.17, 15) is 25.1 Å². The number of carbonyl (C=O) groups is 2. The Labute approximate surface area is 232 Å². The van der Waals surface area contributed by atoms with Gasteiger partial charge in [0.2, 0.25) is 5.82 Å². The molecule has 0 fully saturated rings. The van der Waals surface area contributed by atoms with Gasteiger partial charge < -0.3 is 29.7 Å². The van der Waals surface area contributed by atoms with Crippen molar-refractivity contribution in [3.8, 4) is 34.7 Å². The molecule has 2 aromatic carbocycles. The van der Waals surface area contributed by atoms with Gasteiger partial charge in [-0.3, -0.25) is 4.79 Å². The van der Waals surface area contributed by atoms with Crippen LogP contribution in [0.25, 0.3) is 22.8 Å². The SMILES string of the molecule is CC(C)Oc1ccc(-c2nc(-c3cccc4c3CCN(C(=O)[C@@](CO)(NC(=O)O)C(C)(C)C)C4)no2)cc1C#N. The summed E-state index contributed by atoms with van der Waals surface area (Å²) in [5.74, 6) is 0.624. The first-order valence-electron chi connectivity index (χ1n) is 13.0. The number of rotatable bonds is 7. The molecule has 3 aromatic rings. The minimum absolute atomic E-state index is 0.0783. The third kappa shape index (κ3) is 5.35. The molecule has 210 valence electrons. The van der Waals surface area contributed by atoms with E-state index in [2.05, 4.69) is 21.5 Å². The Morgan fingerprint density at radius 1 is 1.25 bits per heavy atom. The highest BCUT2D eigenvalue weighted by molar-refractivity contribution is 5.91. The van der Waals surface area contributed by atoms with E-state index in [1.807, 2.05) is 32.0 Å². The van der Waals surface area contributed by atoms with Gasteiger partial charge in [0.15, 0.2) is 0 Å². The first-order valence-corrected chi connectivity index (χ1v) is 13.0. The molecule has 0 spiro atoms. The van der Waals surface area contributed by atoms with E-state index in [1.165, 1.54) is 0 Å². The van der Waals surface area contributed by atoms with Gasteiger partial charge >= 0.3 is 6.09 Å². The highest BCUT2D eigenvalue weighted by atomic mass is 16.5. The van der Waals surface area contributed by atoms with Gasteiger partial charge in [0.1, 0.15) is 17.4 Å². The average Bonchev–Trinajstić information content (AvgIpc) is 3.40. The van der Waals surface area contributed by atoms with Crippen LogP contribution >= 0.6 is 0 Å². The summed E-state index contributed by atoms with van der Waals surface area (Å²) in [6.45, 7) is 8.78. The fraction of sp³-hybridized carbons (Fsp3) is 0.414. The Balaban J connectivity index is 1.62. The first kappa shape index (κ1) is 28.6. The van der Waals surface area contributed by atoms with Crippen molar-refractivity contribution in [3.05, 3.63) is 53.1 Å². The fourth-order valence-electron chi connectivity index (χ4n) is 4.91. The van der Waals surface area contributed by atoms with Gasteiger partial charge in [0.05, 0.1) is 18.3 Å². The van der Waals surface area contributed by atoms with Crippen molar-refractivity contribution in [3.63, 3.8) is 0 Å². The summed E-state index contributed by atoms with van der Waals surface area (Å²) in [5.41, 5.74) is 0.934. The predicted molar refractivity (Wildman–Crippen MR) is 145 cm³/mol. The maximum absolute atomic E-state index is 13.7. The van der Waals surface area contributed by atoms with Gasteiger partial charge in [-0.25, -0.2) is 4.79 Å². The number of benzene rings is 2. The van der Waals surface area contributed by atoms with Gasteiger partial charge in [0.25, 0.3) is 11.8 Å². The Hall–Kier alpha value is -4.43. The molecule has 2 amide bonds. The van der Waals surface area contributed by atoms with Crippen LogP contribution in [0.3, 0.4) is 0 Å². The van der Waals surface area contributed by atoms with Crippen LogP contribution in [0.5, 0.6) is 5.75 Å². The maximum atomic E-state index is 13.7. The number of hydrogen-bond donors (Lipinski definition) is 3. The third-order valence-electron chi connectivity index (χ3n) is 7.13. The number of aliphatic hydroxyl groups excluding tert-OH is 1. The third-order valence-corrected chi connectivity index (χ3v) is 7.13. The van der Waals surface area contributed by atoms with E-state index < -0.39 is 29.6 Å². The second-order valence-electron chi connectivity index (χ2n) is 11.1. The van der Waals surface area contributed by atoms with Crippen molar-refractivity contribution in [1.29, 1.82) is 5.26 Å². The molecule has 0 saturated heterocycles. The number of nitriles is 1. The summed E-state index contributed by atoms with van der Waals surface area (Å²) in [6.07, 6.45) is -0.987. The van der Waals surface area contributed by atoms with E-state index in [1.54, 1.807) is 43.9 Å². The van der Waals surface area contributed by atoms with Crippen molar-refractivity contribution >= 4 is 12.0 Å². The van der Waals surface area contributed by atoms with Crippen LogP contribution in [-0.2, 0) is 17.8 Å². The van der Waals surface area contributed by atoms with Gasteiger partial charge in [-0.2, -0.15) is 10.2 Å². The number of carbonyl (C=O) groups excluding carboxylic acids is 1. The smallest absolute Gasteiger partial charge is 0.405 e. The fourth-order valence-corrected chi connectivity index (χ4v) is 4.91. The highest BCUT2D eigenvalue weighted by Gasteiger charge is 2.51. The number of aliphatic hydroxyl groups is 1. The summed E-state index contributed by atoms with van der Waals surface area (Å²) < 4.78 is 11.2. The number of fused-ring (bicyclic) bond motifs is 1. The molecule has 0 radical (unpaired) electrons. The van der Waals surface area contributed by atoms with E-state index in [-0.39, 0.29) is 18.5 Å². The number of ether oxygens (including phenoxy) is 1. The van der Waals surface area contributed by atoms with Crippen LogP contribution in [0, 0.1) is 16.7 Å². The molecule has 11 heteroatoms. The zero-order chi connectivity index (χ0) is 29.2. The highest BCUT2D eigenvalue weighted by Crippen LogP contribution is 2.36. The minimum atomic E-state index is -1.70. The minimum Gasteiger partial charge on any atom is -0.490 e. The van der Waals surface area contributed by atoms with Crippen LogP contribution in [0.1, 0.15) is 51.3 Å². The van der Waals surface area contributed by atoms with Crippen molar-refractivity contribution in [2.45, 2.75) is 59.2 Å². The molecule has 3 N–H and O–H groups in total. The number of nitrogens with one attached hydrogen (secondary N) is 1. The van der Waals surface area contributed by atoms with E-state index in [4.69, 9.17) is 9.26 Å². The van der Waals surface area contributed by atoms with Crippen molar-refractivity contribution in [1.82, 2.24) is 20.4 Å². The Kier molecular flexibility index (Phi) is 7.84. The van der Waals surface area contributed by atoms with E-state index in [0.29, 0.717) is 35.7 Å². The first-order chi connectivity index (χ1) is 18.9. The largest absolute Gasteiger partial charge is 0.490 e. The van der Waals surface area contributed by atoms with Crippen LogP contribution < -0.4 is 10.1 Å². The standard InChI is InChI=1S/C29H33N5O6/c1-17(2)39-23-10-9-18(13-20(23)14-30)25-31-24(33-40-25)22-8-6-7-19-15-34(12-11-21(19)22)26(36)29(16-35,28(3,4)5)32-27(37)38/h6-10,13,17,32,35H,11-12,15-16H2,1-5H3,(H,37,38)/t29-/m1/s1. The average molecular weight is 548 g/mol. The summed E-state index contributed by atoms with van der Waals surface area (Å²) >= 11 is 0. The zero-order valence-electron chi connectivity index (χ0n) is 23.2. The Morgan fingerprint density at radius 3 is 2.62 bits per heavy atom. The topological polar surface area (TPSA) is 162 Å². The molecular formula is C29H33N5O6. The lowest BCUT2D eigenvalue weighted by molar-refractivity contribution is -0.146. The van der Waals surface area contributed by atoms with Crippen LogP contribution in [0.2, 0.25) is 0 Å². The van der Waals surface area contributed by atoms with Gasteiger partial charge in [-0.15, -0.1) is 0 Å². The molecule has 0 aliphatic carbocycles. The number of carboxylic acid groups (broad SMARTS) is 1. The molecule has 4 rings (SSSR count). The number of nitrogens with zero attached hydrogens (tertiary/aromatic N) is 4. The summed E-state index contributed by atoms with van der Waals surface area (Å²) in [7, 11) is 0. The van der Waals surface area contributed by atoms with Crippen molar-refractivity contribution in [2.75, 3.05) is 13.2 Å². The molecule has 11 nitrogen and oxygen atoms in total. The van der Waals surface area contributed by atoms with Crippen LogP contribution in [0.15, 0.2) is 40.9 Å². The summed E-state index contributed by atoms with van der Waals surface area (Å²) in [6, 6.07) is 12.9. The van der Waals surface area contributed by atoms with Crippen molar-refractivity contribution < 1.29 is 29.1 Å². The maximum Gasteiger partial charge on any atom is 0.405 e. The lowest BCUT2D eigenvalue weighted by Gasteiger charge is -2.45. The molecule has 0 unspecified atom stereocenters. The lowest BCUT2D eigenvalue weighted by atomic mass is 9.72. The Bertz CT molecular complexity index is 1470. The molecule has 0 bridgehead atoms. The zero-order valence-corrected chi connectivity index (χ0v) is 23.2. The molecule has 1 aliphatic heterocycles. The second kappa shape index (κ2) is 11.0. The lowest BCUT2D eigenvalue weighted by Crippen LogP contribution is -2.68. The molecule has 1 aromatic heterocycles. The quantitative estimate of drug-likeness (QED) is 0.397. The number of amides is 2. The van der Waals surface area contributed by atoms with E-state index in [0.717, 1.165) is 16.7 Å². The summed E-state index contributed by atoms with van der Waals surface area (Å²) in [4.78, 5) is 31.4. The van der Waals surface area contributed by atoms with Gasteiger partial charge in [-0.1, -0.05) is 44.1 Å². The summed E-state index contributed by atoms with van der Waals surface area (Å²) in [5, 5.41) is 35.7. The second-order valence-corrected chi connectivity index (χ2v) is 11.1. The molecule has 1 aliphatic rings. The van der Waals surface area contributed by atoms with Crippen LogP contribution in [0.4, 0.5) is 4.79 Å². The molecule has 40 heavy (non-hydrogen) atoms.